The fourth-order valence-corrected chi connectivity index (χ4v) is 1.43. The van der Waals surface area contributed by atoms with Gasteiger partial charge in [-0.15, -0.1) is 0 Å². The molecule has 2 rings (SSSR count). The Balaban J connectivity index is 2.91. The first-order chi connectivity index (χ1) is 10.1. The van der Waals surface area contributed by atoms with E-state index in [1.54, 1.807) is 0 Å². The highest BCUT2D eigenvalue weighted by Crippen LogP contribution is 2.38. The van der Waals surface area contributed by atoms with Gasteiger partial charge in [-0.05, 0) is 0 Å². The van der Waals surface area contributed by atoms with Crippen molar-refractivity contribution in [1.29, 1.82) is 5.26 Å². The van der Waals surface area contributed by atoms with Crippen LogP contribution in [0, 0.1) is 17.9 Å². The van der Waals surface area contributed by atoms with Gasteiger partial charge in [-0.3, -0.25) is 0 Å². The number of alkyl halides is 6. The maximum absolute atomic E-state index is 12.7. The number of fused-ring (bicyclic) bond motifs is 1. The molecule has 0 atom stereocenters. The monoisotopic (exact) mass is 318 g/mol. The molecule has 22 heavy (non-hydrogen) atoms. The predicted octanol–water partition coefficient (Wildman–Crippen LogP) is 2.88. The molecule has 0 saturated heterocycles. The fraction of sp³-hybridized carbons (Fsp3) is 0.200. The first kappa shape index (κ1) is 15.4. The zero-order valence-corrected chi connectivity index (χ0v) is 9.95. The van der Waals surface area contributed by atoms with Crippen LogP contribution in [0.25, 0.3) is 16.1 Å². The van der Waals surface area contributed by atoms with Crippen LogP contribution in [0.3, 0.4) is 0 Å². The van der Waals surface area contributed by atoms with Crippen molar-refractivity contribution in [3.05, 3.63) is 28.5 Å². The number of hydrogen-bond donors (Lipinski definition) is 0. The van der Waals surface area contributed by atoms with Crippen LogP contribution in [0.1, 0.15) is 17.1 Å². The average molecular weight is 318 g/mol. The Kier molecular flexibility index (Phi) is 3.33. The first-order valence-electron chi connectivity index (χ1n) is 5.09. The largest absolute Gasteiger partial charge is 0.435 e. The third-order valence-corrected chi connectivity index (χ3v) is 2.25. The van der Waals surface area contributed by atoms with Gasteiger partial charge in [0.2, 0.25) is 5.65 Å². The molecule has 0 bridgehead atoms. The van der Waals surface area contributed by atoms with E-state index in [0.717, 1.165) is 0 Å². The van der Waals surface area contributed by atoms with E-state index in [-0.39, 0.29) is 0 Å². The Morgan fingerprint density at radius 2 is 1.32 bits per heavy atom. The van der Waals surface area contributed by atoms with Crippen LogP contribution >= 0.6 is 0 Å². The summed E-state index contributed by atoms with van der Waals surface area (Å²) in [6.07, 6.45) is -10.9. The van der Waals surface area contributed by atoms with Crippen LogP contribution in [-0.2, 0) is 12.4 Å². The minimum atomic E-state index is -5.43. The van der Waals surface area contributed by atoms with Crippen LogP contribution in [-0.4, -0.2) is 19.9 Å². The van der Waals surface area contributed by atoms with Crippen LogP contribution < -0.4 is 0 Å². The highest BCUT2D eigenvalue weighted by molar-refractivity contribution is 5.70. The lowest BCUT2D eigenvalue weighted by atomic mass is 10.2. The third kappa shape index (κ3) is 2.58. The van der Waals surface area contributed by atoms with Crippen molar-refractivity contribution in [2.24, 2.45) is 0 Å². The summed E-state index contributed by atoms with van der Waals surface area (Å²) in [6, 6.07) is 1.38. The number of nitriles is 1. The highest BCUT2D eigenvalue weighted by atomic mass is 19.4. The molecule has 12 heteroatoms. The summed E-state index contributed by atoms with van der Waals surface area (Å²) in [5, 5.41) is 8.68. The maximum atomic E-state index is 12.7. The lowest BCUT2D eigenvalue weighted by molar-refractivity contribution is -0.167. The molecule has 0 amide bonds. The van der Waals surface area contributed by atoms with E-state index in [1.165, 1.54) is 6.07 Å². The van der Waals surface area contributed by atoms with Gasteiger partial charge < -0.3 is 4.85 Å². The average Bonchev–Trinajstić information content (AvgIpc) is 2.42. The van der Waals surface area contributed by atoms with Gasteiger partial charge in [-0.2, -0.15) is 36.6 Å². The van der Waals surface area contributed by atoms with Crippen LogP contribution in [0.5, 0.6) is 0 Å². The predicted molar refractivity (Wildman–Crippen MR) is 56.1 cm³/mol. The summed E-state index contributed by atoms with van der Waals surface area (Å²) in [6.45, 7) is 6.70. The molecule has 0 aliphatic heterocycles. The normalized spacial score (nSPS) is 12.0. The second-order valence-corrected chi connectivity index (χ2v) is 3.68. The molecule has 0 aliphatic carbocycles. The van der Waals surface area contributed by atoms with Gasteiger partial charge in [-0.1, -0.05) is 11.6 Å². The summed E-state index contributed by atoms with van der Waals surface area (Å²) in [5.41, 5.74) is -7.07. The summed E-state index contributed by atoms with van der Waals surface area (Å²) in [5.74, 6) is -0.683. The van der Waals surface area contributed by atoms with E-state index >= 15 is 0 Å². The molecule has 0 unspecified atom stereocenters. The molecular formula is C10F6N6. The van der Waals surface area contributed by atoms with Gasteiger partial charge in [0, 0.05) is 0 Å². The van der Waals surface area contributed by atoms with Crippen LogP contribution in [0.2, 0.25) is 0 Å². The zero-order chi connectivity index (χ0) is 16.7. The van der Waals surface area contributed by atoms with Gasteiger partial charge in [0.1, 0.15) is 6.07 Å². The molecule has 2 aromatic heterocycles. The van der Waals surface area contributed by atoms with Gasteiger partial charge in [-0.25, -0.2) is 9.97 Å². The molecule has 0 spiro atoms. The van der Waals surface area contributed by atoms with Gasteiger partial charge in [0.05, 0.1) is 0 Å². The van der Waals surface area contributed by atoms with Crippen molar-refractivity contribution in [2.75, 3.05) is 0 Å². The molecule has 112 valence electrons. The summed E-state index contributed by atoms with van der Waals surface area (Å²) in [7, 11) is 0. The third-order valence-electron chi connectivity index (χ3n) is 2.25. The van der Waals surface area contributed by atoms with E-state index in [9.17, 15) is 26.3 Å². The van der Waals surface area contributed by atoms with Gasteiger partial charge >= 0.3 is 18.2 Å². The van der Waals surface area contributed by atoms with Gasteiger partial charge in [0.25, 0.3) is 5.65 Å². The number of nitrogens with zero attached hydrogens (tertiary/aromatic N) is 6. The number of aromatic nitrogens is 4. The summed E-state index contributed by atoms with van der Waals surface area (Å²) < 4.78 is 76.0. The Bertz CT molecular complexity index is 770. The second kappa shape index (κ2) is 4.77. The molecule has 0 aliphatic rings. The number of rotatable bonds is 0. The Morgan fingerprint density at radius 1 is 0.864 bits per heavy atom. The van der Waals surface area contributed by atoms with E-state index in [0.29, 0.717) is 0 Å². The molecule has 0 aromatic carbocycles. The molecule has 6 nitrogen and oxygen atoms in total. The Labute approximate surface area is 116 Å². The molecule has 2 heterocycles. The van der Waals surface area contributed by atoms with Crippen molar-refractivity contribution < 1.29 is 26.3 Å². The van der Waals surface area contributed by atoms with Crippen molar-refractivity contribution in [2.45, 2.75) is 12.4 Å². The molecule has 0 radical (unpaired) electrons. The van der Waals surface area contributed by atoms with E-state index < -0.39 is 46.5 Å². The fourth-order valence-electron chi connectivity index (χ4n) is 1.43. The van der Waals surface area contributed by atoms with Crippen molar-refractivity contribution in [3.8, 4) is 6.07 Å². The minimum Gasteiger partial charge on any atom is -0.358 e. The first-order valence-corrected chi connectivity index (χ1v) is 5.09. The Morgan fingerprint density at radius 3 is 1.68 bits per heavy atom. The number of hydrogen-bond acceptors (Lipinski definition) is 5. The number of halogens is 6. The quantitative estimate of drug-likeness (QED) is 0.551. The van der Waals surface area contributed by atoms with Crippen LogP contribution in [0.15, 0.2) is 0 Å². The van der Waals surface area contributed by atoms with Crippen molar-refractivity contribution in [3.63, 3.8) is 0 Å². The second-order valence-electron chi connectivity index (χ2n) is 3.68. The SMILES string of the molecule is [C-]#[N+]c1nc2nc(C(F)(F)F)c(C(F)(F)F)nc2nc1C#N. The lowest BCUT2D eigenvalue weighted by Crippen LogP contribution is -2.21. The van der Waals surface area contributed by atoms with Crippen molar-refractivity contribution in [1.82, 2.24) is 19.9 Å². The van der Waals surface area contributed by atoms with Gasteiger partial charge in [0.15, 0.2) is 17.1 Å². The summed E-state index contributed by atoms with van der Waals surface area (Å²) in [4.78, 5) is 14.8. The topological polar surface area (TPSA) is 79.7 Å². The zero-order valence-electron chi connectivity index (χ0n) is 9.95. The Hall–Kier alpha value is -3.02. The van der Waals surface area contributed by atoms with Crippen LogP contribution in [0.4, 0.5) is 32.2 Å². The molecule has 2 aromatic rings. The lowest BCUT2D eigenvalue weighted by Gasteiger charge is -2.12. The van der Waals surface area contributed by atoms with Crippen molar-refractivity contribution >= 4 is 17.1 Å². The minimum absolute atomic E-state index is 0.662. The molecule has 0 N–H and O–H groups in total. The molecule has 0 fully saturated rings. The molecular weight excluding hydrogens is 318 g/mol. The smallest absolute Gasteiger partial charge is 0.358 e. The molecule has 0 saturated carbocycles. The maximum Gasteiger partial charge on any atom is 0.435 e. The van der Waals surface area contributed by atoms with E-state index in [1.807, 2.05) is 0 Å². The standard InChI is InChI=1S/C10F6N6/c1-18-6-3(2-17)19-7-8(22-6)21-5(10(14,15)16)4(20-7)9(11,12)13. The van der Waals surface area contributed by atoms with E-state index in [2.05, 4.69) is 24.8 Å². The summed E-state index contributed by atoms with van der Waals surface area (Å²) >= 11 is 0. The van der Waals surface area contributed by atoms with E-state index in [4.69, 9.17) is 11.8 Å². The highest BCUT2D eigenvalue weighted by Gasteiger charge is 2.47.